The Morgan fingerprint density at radius 2 is 1.47 bits per heavy atom. The zero-order valence-corrected chi connectivity index (χ0v) is 10.8. The van der Waals surface area contributed by atoms with E-state index in [4.69, 9.17) is 0 Å². The van der Waals surface area contributed by atoms with Gasteiger partial charge in [0.25, 0.3) is 0 Å². The summed E-state index contributed by atoms with van der Waals surface area (Å²) < 4.78 is 0. The van der Waals surface area contributed by atoms with Crippen LogP contribution < -0.4 is 16.0 Å². The Morgan fingerprint density at radius 1 is 0.941 bits per heavy atom. The summed E-state index contributed by atoms with van der Waals surface area (Å²) in [5, 5.41) is 7.65. The van der Waals surface area contributed by atoms with Crippen LogP contribution in [0.3, 0.4) is 0 Å². The van der Waals surface area contributed by atoms with Gasteiger partial charge in [-0.2, -0.15) is 0 Å². The summed E-state index contributed by atoms with van der Waals surface area (Å²) in [6, 6.07) is -1.25. The molecule has 0 aliphatic heterocycles. The molecule has 98 valence electrons. The Balaban J connectivity index is 4.15. The second kappa shape index (κ2) is 7.65. The van der Waals surface area contributed by atoms with E-state index in [1.54, 1.807) is 27.7 Å². The number of hydrogen-bond acceptors (Lipinski definition) is 3. The molecule has 6 nitrogen and oxygen atoms in total. The maximum absolute atomic E-state index is 11.6. The van der Waals surface area contributed by atoms with E-state index in [9.17, 15) is 14.4 Å². The number of likely N-dealkylation sites (N-methyl/N-ethyl adjacent to an activating group) is 1. The lowest BCUT2D eigenvalue weighted by Gasteiger charge is -2.17. The van der Waals surface area contributed by atoms with E-state index in [0.29, 0.717) is 13.0 Å². The first-order valence-electron chi connectivity index (χ1n) is 5.79. The third kappa shape index (κ3) is 5.89. The summed E-state index contributed by atoms with van der Waals surface area (Å²) >= 11 is 0. The fourth-order valence-corrected chi connectivity index (χ4v) is 1.14. The Bertz CT molecular complexity index is 292. The zero-order valence-electron chi connectivity index (χ0n) is 10.8. The van der Waals surface area contributed by atoms with Gasteiger partial charge in [-0.05, 0) is 20.8 Å². The second-order valence-corrected chi connectivity index (χ2v) is 3.77. The highest BCUT2D eigenvalue weighted by molar-refractivity contribution is 5.91. The molecule has 0 saturated heterocycles. The maximum Gasteiger partial charge on any atom is 0.242 e. The normalized spacial score (nSPS) is 13.4. The molecule has 3 N–H and O–H groups in total. The topological polar surface area (TPSA) is 87.3 Å². The van der Waals surface area contributed by atoms with Crippen molar-refractivity contribution >= 4 is 17.7 Å². The minimum atomic E-state index is -0.640. The fourth-order valence-electron chi connectivity index (χ4n) is 1.14. The Kier molecular flexibility index (Phi) is 6.93. The van der Waals surface area contributed by atoms with Crippen molar-refractivity contribution in [3.05, 3.63) is 0 Å². The molecule has 0 aliphatic carbocycles. The van der Waals surface area contributed by atoms with Crippen molar-refractivity contribution in [1.82, 2.24) is 16.0 Å². The standard InChI is InChI=1S/C11H21N3O3/c1-5-9(15)13-8(4)11(17)14-7(3)10(16)12-6-2/h7-8H,5-6H2,1-4H3,(H,12,16)(H,13,15)(H,14,17)/t7?,8-/m0/s1. The van der Waals surface area contributed by atoms with E-state index in [1.807, 2.05) is 0 Å². The SMILES string of the molecule is CCNC(=O)C(C)NC(=O)[C@H](C)NC(=O)CC. The van der Waals surface area contributed by atoms with Crippen molar-refractivity contribution in [2.45, 2.75) is 46.2 Å². The number of nitrogens with one attached hydrogen (secondary N) is 3. The maximum atomic E-state index is 11.6. The van der Waals surface area contributed by atoms with Crippen molar-refractivity contribution in [2.24, 2.45) is 0 Å². The van der Waals surface area contributed by atoms with Crippen LogP contribution in [0, 0.1) is 0 Å². The van der Waals surface area contributed by atoms with Crippen molar-refractivity contribution in [1.29, 1.82) is 0 Å². The first-order valence-corrected chi connectivity index (χ1v) is 5.79. The first-order chi connectivity index (χ1) is 7.92. The number of hydrogen-bond donors (Lipinski definition) is 3. The lowest BCUT2D eigenvalue weighted by Crippen LogP contribution is -2.51. The average molecular weight is 243 g/mol. The number of amides is 3. The van der Waals surface area contributed by atoms with E-state index in [-0.39, 0.29) is 17.7 Å². The van der Waals surface area contributed by atoms with Gasteiger partial charge in [-0.1, -0.05) is 6.92 Å². The average Bonchev–Trinajstić information content (AvgIpc) is 2.28. The van der Waals surface area contributed by atoms with Crippen LogP contribution in [0.15, 0.2) is 0 Å². The minimum Gasteiger partial charge on any atom is -0.355 e. The molecule has 0 spiro atoms. The van der Waals surface area contributed by atoms with Gasteiger partial charge >= 0.3 is 0 Å². The molecule has 0 radical (unpaired) electrons. The molecule has 6 heteroatoms. The number of carbonyl (C=O) groups excluding carboxylic acids is 3. The van der Waals surface area contributed by atoms with Crippen LogP contribution in [0.1, 0.15) is 34.1 Å². The molecule has 0 rings (SSSR count). The Labute approximate surface area is 102 Å². The fraction of sp³-hybridized carbons (Fsp3) is 0.727. The lowest BCUT2D eigenvalue weighted by molar-refractivity contribution is -0.131. The van der Waals surface area contributed by atoms with Gasteiger partial charge in [0.05, 0.1) is 0 Å². The van der Waals surface area contributed by atoms with Crippen LogP contribution in [0.2, 0.25) is 0 Å². The number of carbonyl (C=O) groups is 3. The van der Waals surface area contributed by atoms with Gasteiger partial charge in [-0.15, -0.1) is 0 Å². The van der Waals surface area contributed by atoms with E-state index in [1.165, 1.54) is 0 Å². The summed E-state index contributed by atoms with van der Waals surface area (Å²) in [5.41, 5.74) is 0. The first kappa shape index (κ1) is 15.4. The highest BCUT2D eigenvalue weighted by Gasteiger charge is 2.19. The van der Waals surface area contributed by atoms with Crippen LogP contribution >= 0.6 is 0 Å². The van der Waals surface area contributed by atoms with Gasteiger partial charge in [0.1, 0.15) is 12.1 Å². The summed E-state index contributed by atoms with van der Waals surface area (Å²) in [5.74, 6) is -0.807. The Hall–Kier alpha value is -1.59. The predicted molar refractivity (Wildman–Crippen MR) is 64.2 cm³/mol. The van der Waals surface area contributed by atoms with Crippen LogP contribution in [-0.2, 0) is 14.4 Å². The molecule has 3 amide bonds. The van der Waals surface area contributed by atoms with Gasteiger partial charge in [-0.25, -0.2) is 0 Å². The van der Waals surface area contributed by atoms with Gasteiger partial charge < -0.3 is 16.0 Å². The smallest absolute Gasteiger partial charge is 0.242 e. The third-order valence-corrected chi connectivity index (χ3v) is 2.19. The highest BCUT2D eigenvalue weighted by atomic mass is 16.2. The van der Waals surface area contributed by atoms with Gasteiger partial charge in [0.15, 0.2) is 0 Å². The predicted octanol–water partition coefficient (Wildman–Crippen LogP) is -0.458. The molecule has 0 aliphatic rings. The molecule has 0 heterocycles. The summed E-state index contributed by atoms with van der Waals surface area (Å²) in [6.07, 6.45) is 0.323. The quantitative estimate of drug-likeness (QED) is 0.590. The summed E-state index contributed by atoms with van der Waals surface area (Å²) in [7, 11) is 0. The van der Waals surface area contributed by atoms with Crippen LogP contribution in [-0.4, -0.2) is 36.3 Å². The molecule has 17 heavy (non-hydrogen) atoms. The lowest BCUT2D eigenvalue weighted by atomic mass is 10.2. The molecular formula is C11H21N3O3. The molecular weight excluding hydrogens is 222 g/mol. The molecule has 0 aromatic carbocycles. The van der Waals surface area contributed by atoms with E-state index in [2.05, 4.69) is 16.0 Å². The minimum absolute atomic E-state index is 0.196. The molecule has 0 saturated carbocycles. The van der Waals surface area contributed by atoms with Gasteiger partial charge in [-0.3, -0.25) is 14.4 Å². The van der Waals surface area contributed by atoms with Crippen molar-refractivity contribution in [3.8, 4) is 0 Å². The van der Waals surface area contributed by atoms with Crippen molar-refractivity contribution in [2.75, 3.05) is 6.54 Å². The second-order valence-electron chi connectivity index (χ2n) is 3.77. The van der Waals surface area contributed by atoms with Crippen molar-refractivity contribution < 1.29 is 14.4 Å². The van der Waals surface area contributed by atoms with Crippen LogP contribution in [0.5, 0.6) is 0 Å². The molecule has 0 aromatic heterocycles. The number of rotatable bonds is 6. The zero-order chi connectivity index (χ0) is 13.4. The van der Waals surface area contributed by atoms with Gasteiger partial charge in [0, 0.05) is 13.0 Å². The molecule has 0 aromatic rings. The van der Waals surface area contributed by atoms with Gasteiger partial charge in [0.2, 0.25) is 17.7 Å². The third-order valence-electron chi connectivity index (χ3n) is 2.19. The van der Waals surface area contributed by atoms with E-state index < -0.39 is 12.1 Å². The summed E-state index contributed by atoms with van der Waals surface area (Å²) in [6.45, 7) is 7.19. The molecule has 2 atom stereocenters. The highest BCUT2D eigenvalue weighted by Crippen LogP contribution is 1.88. The van der Waals surface area contributed by atoms with Crippen molar-refractivity contribution in [3.63, 3.8) is 0 Å². The molecule has 1 unspecified atom stereocenters. The van der Waals surface area contributed by atoms with Crippen LogP contribution in [0.4, 0.5) is 0 Å². The van der Waals surface area contributed by atoms with E-state index in [0.717, 1.165) is 0 Å². The largest absolute Gasteiger partial charge is 0.355 e. The molecule has 0 fully saturated rings. The molecule has 0 bridgehead atoms. The van der Waals surface area contributed by atoms with Crippen LogP contribution in [0.25, 0.3) is 0 Å². The van der Waals surface area contributed by atoms with E-state index >= 15 is 0 Å². The Morgan fingerprint density at radius 3 is 1.94 bits per heavy atom. The summed E-state index contributed by atoms with van der Waals surface area (Å²) in [4.78, 5) is 34.1. The monoisotopic (exact) mass is 243 g/mol.